The van der Waals surface area contributed by atoms with Crippen LogP contribution in [0.1, 0.15) is 59.8 Å². The first-order valence-corrected chi connectivity index (χ1v) is 7.68. The molecule has 0 spiro atoms. The first-order valence-electron chi connectivity index (χ1n) is 7.68. The third kappa shape index (κ3) is 13.2. The summed E-state index contributed by atoms with van der Waals surface area (Å²) in [4.78, 5) is 0. The fraction of sp³-hybridized carbons (Fsp3) is 0.579. The van der Waals surface area contributed by atoms with Crippen LogP contribution in [-0.2, 0) is 0 Å². The Kier molecular flexibility index (Phi) is 11.4. The van der Waals surface area contributed by atoms with Gasteiger partial charge in [0, 0.05) is 0 Å². The molecule has 0 radical (unpaired) electrons. The molecular weight excluding hydrogens is 228 g/mol. The second kappa shape index (κ2) is 12.0. The van der Waals surface area contributed by atoms with E-state index in [0.717, 1.165) is 11.8 Å². The Hall–Kier alpha value is -1.04. The van der Waals surface area contributed by atoms with E-state index in [9.17, 15) is 0 Å². The molecule has 0 amide bonds. The molecule has 0 nitrogen and oxygen atoms in total. The minimum atomic E-state index is 0.850. The maximum atomic E-state index is 3.65. The van der Waals surface area contributed by atoms with Gasteiger partial charge in [0.1, 0.15) is 0 Å². The van der Waals surface area contributed by atoms with E-state index < -0.39 is 0 Å². The van der Waals surface area contributed by atoms with Crippen LogP contribution in [0.2, 0.25) is 0 Å². The van der Waals surface area contributed by atoms with Crippen molar-refractivity contribution in [2.24, 2.45) is 11.8 Å². The summed E-state index contributed by atoms with van der Waals surface area (Å²) in [6.45, 7) is 12.8. The minimum Gasteiger partial charge on any atom is -0.0991 e. The molecule has 0 aromatic heterocycles. The van der Waals surface area contributed by atoms with Crippen LogP contribution in [0, 0.1) is 11.8 Å². The molecule has 0 saturated heterocycles. The lowest BCUT2D eigenvalue weighted by atomic mass is 9.96. The molecular formula is C19H32. The van der Waals surface area contributed by atoms with Crippen molar-refractivity contribution in [1.82, 2.24) is 0 Å². The van der Waals surface area contributed by atoms with Crippen LogP contribution in [-0.4, -0.2) is 0 Å². The van der Waals surface area contributed by atoms with Crippen molar-refractivity contribution < 1.29 is 0 Å². The minimum absolute atomic E-state index is 0.850. The third-order valence-corrected chi connectivity index (χ3v) is 3.32. The summed E-state index contributed by atoms with van der Waals surface area (Å²) < 4.78 is 0. The van der Waals surface area contributed by atoms with Gasteiger partial charge in [-0.3, -0.25) is 0 Å². The Morgan fingerprint density at radius 1 is 1.00 bits per heavy atom. The molecule has 0 saturated carbocycles. The van der Waals surface area contributed by atoms with E-state index in [1.54, 1.807) is 6.08 Å². The van der Waals surface area contributed by atoms with Crippen LogP contribution in [0.15, 0.2) is 48.6 Å². The summed E-state index contributed by atoms with van der Waals surface area (Å²) in [6, 6.07) is 0. The van der Waals surface area contributed by atoms with E-state index in [1.807, 2.05) is 12.2 Å². The van der Waals surface area contributed by atoms with Gasteiger partial charge in [0.05, 0.1) is 0 Å². The number of hydrogen-bond acceptors (Lipinski definition) is 0. The van der Waals surface area contributed by atoms with Crippen molar-refractivity contribution in [3.05, 3.63) is 48.6 Å². The molecule has 108 valence electrons. The van der Waals surface area contributed by atoms with Crippen molar-refractivity contribution in [2.75, 3.05) is 0 Å². The van der Waals surface area contributed by atoms with Gasteiger partial charge in [0.2, 0.25) is 0 Å². The van der Waals surface area contributed by atoms with E-state index in [2.05, 4.69) is 52.5 Å². The Balaban J connectivity index is 3.77. The standard InChI is InChI=1S/C19H32/c1-6-7-8-9-13-18(4)15-11-16-19(5)14-10-12-17(2)3/h6-9,13,15,17,19H,1,10-12,14,16H2,2-5H3. The quantitative estimate of drug-likeness (QED) is 0.395. The highest BCUT2D eigenvalue weighted by atomic mass is 14.1. The van der Waals surface area contributed by atoms with Gasteiger partial charge in [-0.05, 0) is 31.6 Å². The van der Waals surface area contributed by atoms with Gasteiger partial charge in [0.15, 0.2) is 0 Å². The zero-order chi connectivity index (χ0) is 14.5. The van der Waals surface area contributed by atoms with Gasteiger partial charge in [-0.25, -0.2) is 0 Å². The van der Waals surface area contributed by atoms with Crippen LogP contribution in [0.5, 0.6) is 0 Å². The van der Waals surface area contributed by atoms with Crippen molar-refractivity contribution in [2.45, 2.75) is 59.8 Å². The summed E-state index contributed by atoms with van der Waals surface area (Å²) in [5.74, 6) is 1.70. The number of allylic oxidation sites excluding steroid dienone is 7. The molecule has 0 heteroatoms. The maximum Gasteiger partial charge on any atom is -0.0342 e. The molecule has 1 unspecified atom stereocenters. The molecule has 0 aliphatic rings. The van der Waals surface area contributed by atoms with E-state index in [0.29, 0.717) is 0 Å². The summed E-state index contributed by atoms with van der Waals surface area (Å²) in [7, 11) is 0. The molecule has 0 rings (SSSR count). The average Bonchev–Trinajstić information content (AvgIpc) is 2.34. The van der Waals surface area contributed by atoms with Crippen molar-refractivity contribution in [3.8, 4) is 0 Å². The number of rotatable bonds is 10. The van der Waals surface area contributed by atoms with Crippen LogP contribution in [0.3, 0.4) is 0 Å². The van der Waals surface area contributed by atoms with Crippen molar-refractivity contribution >= 4 is 0 Å². The molecule has 0 heterocycles. The lowest BCUT2D eigenvalue weighted by Gasteiger charge is -2.11. The maximum absolute atomic E-state index is 3.65. The van der Waals surface area contributed by atoms with E-state index in [4.69, 9.17) is 0 Å². The van der Waals surface area contributed by atoms with Gasteiger partial charge in [-0.15, -0.1) is 0 Å². The molecule has 0 aromatic carbocycles. The molecule has 0 fully saturated rings. The van der Waals surface area contributed by atoms with E-state index >= 15 is 0 Å². The van der Waals surface area contributed by atoms with Gasteiger partial charge in [-0.1, -0.05) is 88.6 Å². The lowest BCUT2D eigenvalue weighted by molar-refractivity contribution is 0.439. The Labute approximate surface area is 121 Å². The molecule has 0 N–H and O–H groups in total. The lowest BCUT2D eigenvalue weighted by Crippen LogP contribution is -1.96. The zero-order valence-corrected chi connectivity index (χ0v) is 13.4. The Morgan fingerprint density at radius 3 is 2.37 bits per heavy atom. The van der Waals surface area contributed by atoms with Gasteiger partial charge < -0.3 is 0 Å². The summed E-state index contributed by atoms with van der Waals surface area (Å²) in [5, 5.41) is 0. The Morgan fingerprint density at radius 2 is 1.74 bits per heavy atom. The largest absolute Gasteiger partial charge is 0.0991 e. The summed E-state index contributed by atoms with van der Waals surface area (Å²) in [5.41, 5.74) is 1.35. The third-order valence-electron chi connectivity index (χ3n) is 3.32. The summed E-state index contributed by atoms with van der Waals surface area (Å²) >= 11 is 0. The van der Waals surface area contributed by atoms with Crippen molar-refractivity contribution in [1.29, 1.82) is 0 Å². The first-order chi connectivity index (χ1) is 9.06. The molecule has 0 aliphatic carbocycles. The number of hydrogen-bond donors (Lipinski definition) is 0. The van der Waals surface area contributed by atoms with Gasteiger partial charge in [-0.2, -0.15) is 0 Å². The van der Waals surface area contributed by atoms with Crippen molar-refractivity contribution in [3.63, 3.8) is 0 Å². The molecule has 1 atom stereocenters. The molecule has 0 bridgehead atoms. The molecule has 19 heavy (non-hydrogen) atoms. The van der Waals surface area contributed by atoms with E-state index in [-0.39, 0.29) is 0 Å². The van der Waals surface area contributed by atoms with Gasteiger partial charge in [0.25, 0.3) is 0 Å². The summed E-state index contributed by atoms with van der Waals surface area (Å²) in [6.07, 6.45) is 19.0. The zero-order valence-electron chi connectivity index (χ0n) is 13.4. The van der Waals surface area contributed by atoms with Gasteiger partial charge >= 0.3 is 0 Å². The predicted molar refractivity (Wildman–Crippen MR) is 89.3 cm³/mol. The first kappa shape index (κ1) is 18.0. The monoisotopic (exact) mass is 260 g/mol. The topological polar surface area (TPSA) is 0 Å². The predicted octanol–water partition coefficient (Wildman–Crippen LogP) is 6.47. The Bertz CT molecular complexity index is 302. The fourth-order valence-electron chi connectivity index (χ4n) is 2.03. The highest BCUT2D eigenvalue weighted by Crippen LogP contribution is 2.17. The normalized spacial score (nSPS) is 14.7. The van der Waals surface area contributed by atoms with Crippen LogP contribution < -0.4 is 0 Å². The van der Waals surface area contributed by atoms with Crippen LogP contribution in [0.4, 0.5) is 0 Å². The van der Waals surface area contributed by atoms with Crippen LogP contribution in [0.25, 0.3) is 0 Å². The highest BCUT2D eigenvalue weighted by molar-refractivity contribution is 5.21. The van der Waals surface area contributed by atoms with E-state index in [1.165, 1.54) is 37.7 Å². The second-order valence-corrected chi connectivity index (χ2v) is 5.94. The van der Waals surface area contributed by atoms with Crippen LogP contribution >= 0.6 is 0 Å². The smallest absolute Gasteiger partial charge is 0.0342 e. The highest BCUT2D eigenvalue weighted by Gasteiger charge is 2.02. The SMILES string of the molecule is C=CC=CC=CC(C)=CCCC(C)CCCC(C)C. The second-order valence-electron chi connectivity index (χ2n) is 5.94. The molecule has 0 aromatic rings. The average molecular weight is 260 g/mol. The fourth-order valence-corrected chi connectivity index (χ4v) is 2.03. The molecule has 0 aliphatic heterocycles.